The van der Waals surface area contributed by atoms with E-state index in [1.54, 1.807) is 0 Å². The van der Waals surface area contributed by atoms with Crippen molar-refractivity contribution in [3.05, 3.63) is 12.2 Å². The number of amides is 2. The Morgan fingerprint density at radius 2 is 1.79 bits per heavy atom. The van der Waals surface area contributed by atoms with Crippen LogP contribution in [0.2, 0.25) is 0 Å². The summed E-state index contributed by atoms with van der Waals surface area (Å²) in [5, 5.41) is 2.45. The molecule has 158 valence electrons. The van der Waals surface area contributed by atoms with E-state index in [4.69, 9.17) is 4.74 Å². The van der Waals surface area contributed by atoms with E-state index in [-0.39, 0.29) is 35.2 Å². The molecular weight excluding hydrogens is 380 g/mol. The molecule has 8 heteroatoms. The molecule has 2 atom stereocenters. The zero-order valence-electron chi connectivity index (χ0n) is 16.4. The highest BCUT2D eigenvalue weighted by molar-refractivity contribution is 7.90. The molecule has 0 aromatic heterocycles. The molecule has 2 N–H and O–H groups in total. The fourth-order valence-corrected chi connectivity index (χ4v) is 4.99. The largest absolute Gasteiger partial charge is 0.446 e. The number of carbonyl (C=O) groups excluding carboxylic acids is 2. The summed E-state index contributed by atoms with van der Waals surface area (Å²) in [5.74, 6) is -0.376. The first-order valence-electron chi connectivity index (χ1n) is 10.6. The maximum Gasteiger partial charge on any atom is 0.407 e. The standard InChI is InChI=1S/C20H32N2O5S/c23-19(22-28(25,26)17-11-12-17)18-14-15(18)8-4-2-1-3-7-13-21-20(24)27-16-9-5-6-10-16/h4,8,15-18H,1-3,5-7,9-14H2,(H,21,24)(H,22,23)/b8-4-/t15-,18+/m1/s1. The minimum absolute atomic E-state index is 0.104. The summed E-state index contributed by atoms with van der Waals surface area (Å²) in [6.45, 7) is 0.635. The maximum atomic E-state index is 12.0. The highest BCUT2D eigenvalue weighted by atomic mass is 32.2. The lowest BCUT2D eigenvalue weighted by atomic mass is 10.1. The first kappa shape index (κ1) is 21.1. The molecule has 0 aliphatic heterocycles. The van der Waals surface area contributed by atoms with Gasteiger partial charge >= 0.3 is 6.09 Å². The van der Waals surface area contributed by atoms with Crippen LogP contribution in [0.5, 0.6) is 0 Å². The first-order valence-corrected chi connectivity index (χ1v) is 12.2. The van der Waals surface area contributed by atoms with Crippen molar-refractivity contribution in [1.82, 2.24) is 10.0 Å². The van der Waals surface area contributed by atoms with E-state index in [9.17, 15) is 18.0 Å². The van der Waals surface area contributed by atoms with E-state index in [0.29, 0.717) is 19.4 Å². The third-order valence-corrected chi connectivity index (χ3v) is 7.49. The Morgan fingerprint density at radius 3 is 2.50 bits per heavy atom. The number of hydrogen-bond donors (Lipinski definition) is 2. The van der Waals surface area contributed by atoms with E-state index >= 15 is 0 Å². The zero-order valence-corrected chi connectivity index (χ0v) is 17.2. The minimum Gasteiger partial charge on any atom is -0.446 e. The Morgan fingerprint density at radius 1 is 1.04 bits per heavy atom. The highest BCUT2D eigenvalue weighted by Gasteiger charge is 2.44. The van der Waals surface area contributed by atoms with E-state index in [2.05, 4.69) is 16.1 Å². The van der Waals surface area contributed by atoms with Gasteiger partial charge < -0.3 is 10.1 Å². The van der Waals surface area contributed by atoms with Gasteiger partial charge in [-0.25, -0.2) is 13.2 Å². The first-order chi connectivity index (χ1) is 13.5. The molecule has 0 spiro atoms. The van der Waals surface area contributed by atoms with Gasteiger partial charge in [0.25, 0.3) is 0 Å². The third kappa shape index (κ3) is 6.79. The Bertz CT molecular complexity index is 681. The van der Waals surface area contributed by atoms with Gasteiger partial charge in [0.1, 0.15) is 6.10 Å². The van der Waals surface area contributed by atoms with Gasteiger partial charge in [-0.2, -0.15) is 0 Å². The number of ether oxygens (including phenoxy) is 1. The molecule has 3 saturated carbocycles. The number of rotatable bonds is 11. The van der Waals surface area contributed by atoms with Crippen LogP contribution in [0, 0.1) is 11.8 Å². The molecule has 0 aromatic carbocycles. The van der Waals surface area contributed by atoms with Crippen molar-refractivity contribution in [3.63, 3.8) is 0 Å². The van der Waals surface area contributed by atoms with Crippen molar-refractivity contribution < 1.29 is 22.7 Å². The molecule has 7 nitrogen and oxygen atoms in total. The van der Waals surface area contributed by atoms with Gasteiger partial charge in [-0.3, -0.25) is 9.52 Å². The Labute approximate surface area is 167 Å². The van der Waals surface area contributed by atoms with E-state index < -0.39 is 10.0 Å². The third-order valence-electron chi connectivity index (χ3n) is 5.66. The topological polar surface area (TPSA) is 102 Å². The van der Waals surface area contributed by atoms with Crippen molar-refractivity contribution in [2.24, 2.45) is 11.8 Å². The van der Waals surface area contributed by atoms with Crippen molar-refractivity contribution in [2.45, 2.75) is 82.0 Å². The van der Waals surface area contributed by atoms with Crippen LogP contribution in [-0.2, 0) is 19.6 Å². The van der Waals surface area contributed by atoms with Gasteiger partial charge in [0, 0.05) is 12.5 Å². The Kier molecular flexibility index (Phi) is 7.37. The van der Waals surface area contributed by atoms with Crippen LogP contribution in [0.3, 0.4) is 0 Å². The maximum absolute atomic E-state index is 12.0. The molecule has 28 heavy (non-hydrogen) atoms. The monoisotopic (exact) mass is 412 g/mol. The van der Waals surface area contributed by atoms with Crippen molar-refractivity contribution >= 4 is 22.0 Å². The lowest BCUT2D eigenvalue weighted by Crippen LogP contribution is -2.34. The summed E-state index contributed by atoms with van der Waals surface area (Å²) in [5.41, 5.74) is 0. The summed E-state index contributed by atoms with van der Waals surface area (Å²) in [4.78, 5) is 23.6. The number of unbranched alkanes of at least 4 members (excludes halogenated alkanes) is 3. The average Bonchev–Trinajstić information content (AvgIpc) is 3.55. The summed E-state index contributed by atoms with van der Waals surface area (Å²) in [6.07, 6.45) is 14.1. The summed E-state index contributed by atoms with van der Waals surface area (Å²) >= 11 is 0. The molecule has 0 bridgehead atoms. The molecule has 3 rings (SSSR count). The SMILES string of the molecule is O=C(NCCCCC/C=C\[C@@H]1C[C@@H]1C(=O)NS(=O)(=O)C1CC1)OC1CCCC1. The van der Waals surface area contributed by atoms with Gasteiger partial charge in [-0.15, -0.1) is 0 Å². The molecule has 0 radical (unpaired) electrons. The molecule has 0 heterocycles. The molecule has 3 fully saturated rings. The van der Waals surface area contributed by atoms with Crippen molar-refractivity contribution in [3.8, 4) is 0 Å². The molecule has 3 aliphatic carbocycles. The summed E-state index contributed by atoms with van der Waals surface area (Å²) in [6, 6.07) is 0. The normalized spacial score (nSPS) is 25.0. The van der Waals surface area contributed by atoms with Gasteiger partial charge in [0.2, 0.25) is 15.9 Å². The summed E-state index contributed by atoms with van der Waals surface area (Å²) < 4.78 is 31.1. The Hall–Kier alpha value is -1.57. The van der Waals surface area contributed by atoms with Gasteiger partial charge in [0.05, 0.1) is 5.25 Å². The predicted octanol–water partition coefficient (Wildman–Crippen LogP) is 3.02. The van der Waals surface area contributed by atoms with Crippen LogP contribution < -0.4 is 10.0 Å². The lowest BCUT2D eigenvalue weighted by Gasteiger charge is -2.11. The van der Waals surface area contributed by atoms with Gasteiger partial charge in [-0.05, 0) is 70.1 Å². The molecular formula is C20H32N2O5S. The zero-order chi connectivity index (χ0) is 20.0. The van der Waals surface area contributed by atoms with Crippen molar-refractivity contribution in [1.29, 1.82) is 0 Å². The average molecular weight is 413 g/mol. The van der Waals surface area contributed by atoms with Crippen LogP contribution in [0.4, 0.5) is 4.79 Å². The smallest absolute Gasteiger partial charge is 0.407 e. The van der Waals surface area contributed by atoms with Crippen LogP contribution in [-0.4, -0.2) is 38.3 Å². The second-order valence-electron chi connectivity index (χ2n) is 8.23. The number of alkyl carbamates (subject to hydrolysis) is 1. The van der Waals surface area contributed by atoms with E-state index in [1.165, 1.54) is 0 Å². The number of hydrogen-bond acceptors (Lipinski definition) is 5. The van der Waals surface area contributed by atoms with Gasteiger partial charge in [0.15, 0.2) is 0 Å². The molecule has 2 amide bonds. The lowest BCUT2D eigenvalue weighted by molar-refractivity contribution is -0.120. The molecule has 0 aromatic rings. The number of carbonyl (C=O) groups is 2. The molecule has 3 aliphatic rings. The molecule has 0 unspecified atom stereocenters. The van der Waals surface area contributed by atoms with Crippen molar-refractivity contribution in [2.75, 3.05) is 6.54 Å². The van der Waals surface area contributed by atoms with Crippen LogP contribution in [0.15, 0.2) is 12.2 Å². The van der Waals surface area contributed by atoms with Gasteiger partial charge in [-0.1, -0.05) is 18.6 Å². The highest BCUT2D eigenvalue weighted by Crippen LogP contribution is 2.40. The van der Waals surface area contributed by atoms with E-state index in [1.807, 2.05) is 6.08 Å². The van der Waals surface area contributed by atoms with Crippen LogP contribution in [0.1, 0.15) is 70.6 Å². The molecule has 0 saturated heterocycles. The fourth-order valence-electron chi connectivity index (χ4n) is 3.63. The van der Waals surface area contributed by atoms with Crippen LogP contribution in [0.25, 0.3) is 0 Å². The Balaban J connectivity index is 1.17. The fraction of sp³-hybridized carbons (Fsp3) is 0.800. The predicted molar refractivity (Wildman–Crippen MR) is 106 cm³/mol. The van der Waals surface area contributed by atoms with E-state index in [0.717, 1.165) is 57.8 Å². The number of sulfonamides is 1. The number of nitrogens with one attached hydrogen (secondary N) is 2. The number of allylic oxidation sites excluding steroid dienone is 2. The van der Waals surface area contributed by atoms with Crippen LogP contribution >= 0.6 is 0 Å². The summed E-state index contributed by atoms with van der Waals surface area (Å²) in [7, 11) is -3.43. The minimum atomic E-state index is -3.43. The quantitative estimate of drug-likeness (QED) is 0.401. The second-order valence-corrected chi connectivity index (χ2v) is 10.2. The second kappa shape index (κ2) is 9.76.